The van der Waals surface area contributed by atoms with E-state index in [1.165, 1.54) is 0 Å². The molecule has 0 aliphatic carbocycles. The molecule has 0 saturated carbocycles. The smallest absolute Gasteiger partial charge is 0.410 e. The number of likely N-dealkylation sites (tertiary alicyclic amines) is 1. The zero-order valence-electron chi connectivity index (χ0n) is 17.7. The Morgan fingerprint density at radius 2 is 1.97 bits per heavy atom. The van der Waals surface area contributed by atoms with Gasteiger partial charge in [0.25, 0.3) is 0 Å². The molecule has 9 nitrogen and oxygen atoms in total. The molecule has 158 valence electrons. The van der Waals surface area contributed by atoms with Crippen LogP contribution in [-0.2, 0) is 4.74 Å². The van der Waals surface area contributed by atoms with E-state index in [1.54, 1.807) is 11.0 Å². The number of rotatable bonds is 4. The molecule has 0 N–H and O–H groups in total. The Labute approximate surface area is 172 Å². The molecule has 0 bridgehead atoms. The Hall–Kier alpha value is -2.60. The lowest BCUT2D eigenvalue weighted by Gasteiger charge is -2.36. The summed E-state index contributed by atoms with van der Waals surface area (Å²) in [6, 6.07) is 4.33. The van der Waals surface area contributed by atoms with Gasteiger partial charge >= 0.3 is 12.1 Å². The number of carbonyl (C=O) groups excluding carboxylic acids is 1. The van der Waals surface area contributed by atoms with Gasteiger partial charge < -0.3 is 24.2 Å². The first kappa shape index (κ1) is 21.1. The van der Waals surface area contributed by atoms with Gasteiger partial charge in [-0.15, -0.1) is 0 Å². The number of likely N-dealkylation sites (N-methyl/N-ethyl adjacent to an activating group) is 1. The molecule has 29 heavy (non-hydrogen) atoms. The van der Waals surface area contributed by atoms with Crippen molar-refractivity contribution in [2.24, 2.45) is 0 Å². The van der Waals surface area contributed by atoms with Gasteiger partial charge in [-0.2, -0.15) is 15.2 Å². The average Bonchev–Trinajstić information content (AvgIpc) is 3.09. The number of ether oxygens (including phenoxy) is 2. The normalized spacial score (nSPS) is 20.4. The number of amides is 1. The Balaban J connectivity index is 1.62. The van der Waals surface area contributed by atoms with Gasteiger partial charge in [-0.3, -0.25) is 0 Å². The first-order chi connectivity index (χ1) is 13.7. The molecule has 2 aliphatic heterocycles. The Morgan fingerprint density at radius 3 is 2.55 bits per heavy atom. The number of piperazine rings is 1. The summed E-state index contributed by atoms with van der Waals surface area (Å²) >= 11 is 0. The van der Waals surface area contributed by atoms with Crippen molar-refractivity contribution in [3.63, 3.8) is 0 Å². The summed E-state index contributed by atoms with van der Waals surface area (Å²) in [6.45, 7) is 9.42. The maximum Gasteiger partial charge on any atom is 0.410 e. The predicted molar refractivity (Wildman–Crippen MR) is 108 cm³/mol. The van der Waals surface area contributed by atoms with Gasteiger partial charge in [0.15, 0.2) is 0 Å². The van der Waals surface area contributed by atoms with Crippen molar-refractivity contribution >= 4 is 11.9 Å². The minimum atomic E-state index is -0.512. The maximum absolute atomic E-state index is 12.2. The maximum atomic E-state index is 12.2. The van der Waals surface area contributed by atoms with Crippen LogP contribution in [0.2, 0.25) is 0 Å². The van der Waals surface area contributed by atoms with Gasteiger partial charge in [-0.25, -0.2) is 4.79 Å². The zero-order chi connectivity index (χ0) is 21.0. The van der Waals surface area contributed by atoms with Crippen LogP contribution in [-0.4, -0.2) is 83.9 Å². The lowest BCUT2D eigenvalue weighted by Crippen LogP contribution is -2.50. The van der Waals surface area contributed by atoms with Crippen LogP contribution in [0, 0.1) is 11.3 Å². The SMILES string of the molecule is CN1CCC[C@H]1COc1nc(C#N)cc(N2CCN(C(=O)OC(C)(C)C)CC2)n1. The van der Waals surface area contributed by atoms with Gasteiger partial charge in [0.2, 0.25) is 0 Å². The van der Waals surface area contributed by atoms with E-state index in [4.69, 9.17) is 9.47 Å². The molecule has 3 heterocycles. The summed E-state index contributed by atoms with van der Waals surface area (Å²) in [4.78, 5) is 26.9. The monoisotopic (exact) mass is 402 g/mol. The van der Waals surface area contributed by atoms with Crippen molar-refractivity contribution < 1.29 is 14.3 Å². The molecule has 0 unspecified atom stereocenters. The minimum absolute atomic E-state index is 0.230. The molecule has 1 atom stereocenters. The zero-order valence-corrected chi connectivity index (χ0v) is 17.7. The minimum Gasteiger partial charge on any atom is -0.462 e. The van der Waals surface area contributed by atoms with Crippen molar-refractivity contribution in [3.8, 4) is 12.1 Å². The molecule has 0 spiro atoms. The number of hydrogen-bond donors (Lipinski definition) is 0. The molecular formula is C20H30N6O3. The summed E-state index contributed by atoms with van der Waals surface area (Å²) in [5.41, 5.74) is -0.235. The first-order valence-corrected chi connectivity index (χ1v) is 10.1. The van der Waals surface area contributed by atoms with Gasteiger partial charge in [0.05, 0.1) is 0 Å². The van der Waals surface area contributed by atoms with E-state index in [0.717, 1.165) is 19.4 Å². The molecule has 9 heteroatoms. The van der Waals surface area contributed by atoms with Crippen molar-refractivity contribution in [1.29, 1.82) is 5.26 Å². The van der Waals surface area contributed by atoms with Gasteiger partial charge in [0, 0.05) is 38.3 Å². The average molecular weight is 402 g/mol. The van der Waals surface area contributed by atoms with Crippen molar-refractivity contribution in [1.82, 2.24) is 19.8 Å². The summed E-state index contributed by atoms with van der Waals surface area (Å²) in [5, 5.41) is 9.34. The number of anilines is 1. The van der Waals surface area contributed by atoms with Gasteiger partial charge in [-0.05, 0) is 47.2 Å². The highest BCUT2D eigenvalue weighted by molar-refractivity contribution is 5.68. The number of carbonyl (C=O) groups is 1. The fourth-order valence-corrected chi connectivity index (χ4v) is 3.50. The fourth-order valence-electron chi connectivity index (χ4n) is 3.50. The molecule has 1 aromatic rings. The molecule has 0 aromatic carbocycles. The standard InChI is InChI=1S/C20H30N6O3/c1-20(2,3)29-19(27)26-10-8-25(9-11-26)17-12-15(13-21)22-18(23-17)28-14-16-6-5-7-24(16)4/h12,16H,5-11,14H2,1-4H3/t16-/m0/s1. The predicted octanol–water partition coefficient (Wildman–Crippen LogP) is 1.88. The van der Waals surface area contributed by atoms with Crippen LogP contribution in [0.15, 0.2) is 6.07 Å². The van der Waals surface area contributed by atoms with Crippen molar-refractivity contribution in [3.05, 3.63) is 11.8 Å². The molecule has 0 radical (unpaired) electrons. The first-order valence-electron chi connectivity index (χ1n) is 10.1. The van der Waals surface area contributed by atoms with Gasteiger partial charge in [0.1, 0.15) is 29.8 Å². The molecule has 3 rings (SSSR count). The Kier molecular flexibility index (Phi) is 6.42. The molecule has 1 amide bonds. The highest BCUT2D eigenvalue weighted by Crippen LogP contribution is 2.21. The summed E-state index contributed by atoms with van der Waals surface area (Å²) in [7, 11) is 2.09. The molecule has 2 aliphatic rings. The van der Waals surface area contributed by atoms with E-state index in [2.05, 4.69) is 28.0 Å². The fraction of sp³-hybridized carbons (Fsp3) is 0.700. The van der Waals surface area contributed by atoms with E-state index in [0.29, 0.717) is 44.6 Å². The molecule has 1 aromatic heterocycles. The van der Waals surface area contributed by atoms with Crippen LogP contribution in [0.1, 0.15) is 39.3 Å². The van der Waals surface area contributed by atoms with E-state index in [1.807, 2.05) is 25.7 Å². The third kappa shape index (κ3) is 5.70. The van der Waals surface area contributed by atoms with E-state index < -0.39 is 5.60 Å². The quantitative estimate of drug-likeness (QED) is 0.753. The number of aromatic nitrogens is 2. The lowest BCUT2D eigenvalue weighted by molar-refractivity contribution is 0.0240. The summed E-state index contributed by atoms with van der Waals surface area (Å²) in [5.74, 6) is 0.648. The second-order valence-electron chi connectivity index (χ2n) is 8.55. The van der Waals surface area contributed by atoms with Crippen LogP contribution in [0.3, 0.4) is 0 Å². The Bertz CT molecular complexity index is 764. The van der Waals surface area contributed by atoms with Crippen molar-refractivity contribution in [2.75, 3.05) is 51.3 Å². The highest BCUT2D eigenvalue weighted by atomic mass is 16.6. The van der Waals surface area contributed by atoms with Crippen molar-refractivity contribution in [2.45, 2.75) is 45.3 Å². The van der Waals surface area contributed by atoms with E-state index in [-0.39, 0.29) is 17.8 Å². The van der Waals surface area contributed by atoms with Crippen LogP contribution in [0.4, 0.5) is 10.6 Å². The molecule has 2 saturated heterocycles. The third-order valence-electron chi connectivity index (χ3n) is 5.14. The topological polar surface area (TPSA) is 94.8 Å². The van der Waals surface area contributed by atoms with Crippen LogP contribution < -0.4 is 9.64 Å². The number of nitriles is 1. The Morgan fingerprint density at radius 1 is 1.24 bits per heavy atom. The second kappa shape index (κ2) is 8.82. The summed E-state index contributed by atoms with van der Waals surface area (Å²) < 4.78 is 11.3. The highest BCUT2D eigenvalue weighted by Gasteiger charge is 2.27. The summed E-state index contributed by atoms with van der Waals surface area (Å²) in [6.07, 6.45) is 1.95. The number of hydrogen-bond acceptors (Lipinski definition) is 8. The van der Waals surface area contributed by atoms with E-state index in [9.17, 15) is 10.1 Å². The van der Waals surface area contributed by atoms with Crippen LogP contribution in [0.5, 0.6) is 6.01 Å². The van der Waals surface area contributed by atoms with E-state index >= 15 is 0 Å². The largest absolute Gasteiger partial charge is 0.462 e. The number of nitrogens with zero attached hydrogens (tertiary/aromatic N) is 6. The van der Waals surface area contributed by atoms with Crippen LogP contribution >= 0.6 is 0 Å². The second-order valence-corrected chi connectivity index (χ2v) is 8.55. The third-order valence-corrected chi connectivity index (χ3v) is 5.14. The molecule has 2 fully saturated rings. The molecular weight excluding hydrogens is 372 g/mol. The lowest BCUT2D eigenvalue weighted by atomic mass is 10.2. The van der Waals surface area contributed by atoms with Crippen LogP contribution in [0.25, 0.3) is 0 Å². The van der Waals surface area contributed by atoms with Gasteiger partial charge in [-0.1, -0.05) is 0 Å².